The van der Waals surface area contributed by atoms with Crippen LogP contribution in [0.25, 0.3) is 0 Å². The molecule has 24 heavy (non-hydrogen) atoms. The highest BCUT2D eigenvalue weighted by atomic mass is 79.9. The highest BCUT2D eigenvalue weighted by Crippen LogP contribution is 2.26. The predicted molar refractivity (Wildman–Crippen MR) is 97.8 cm³/mol. The first-order valence-corrected chi connectivity index (χ1v) is 8.85. The molecule has 3 rings (SSSR count). The van der Waals surface area contributed by atoms with Gasteiger partial charge in [-0.1, -0.05) is 24.3 Å². The third-order valence-electron chi connectivity index (χ3n) is 4.25. The van der Waals surface area contributed by atoms with E-state index in [1.165, 1.54) is 11.1 Å². The Kier molecular flexibility index (Phi) is 5.53. The first-order chi connectivity index (χ1) is 11.7. The number of methoxy groups -OCH3 is 1. The predicted octanol–water partition coefficient (Wildman–Crippen LogP) is 3.31. The number of nitrogens with one attached hydrogen (secondary N) is 2. The molecule has 2 aromatic carbocycles. The first-order valence-electron chi connectivity index (χ1n) is 8.06. The number of rotatable bonds is 6. The van der Waals surface area contributed by atoms with Crippen molar-refractivity contribution in [2.45, 2.75) is 32.5 Å². The van der Waals surface area contributed by atoms with Crippen LogP contribution in [0, 0.1) is 0 Å². The highest BCUT2D eigenvalue weighted by molar-refractivity contribution is 9.10. The molecule has 0 atom stereocenters. The second-order valence-electron chi connectivity index (χ2n) is 5.95. The maximum absolute atomic E-state index is 12.1. The molecule has 0 saturated carbocycles. The normalized spacial score (nSPS) is 12.8. The van der Waals surface area contributed by atoms with Gasteiger partial charge in [-0.3, -0.25) is 4.79 Å². The van der Waals surface area contributed by atoms with Crippen molar-refractivity contribution in [2.75, 3.05) is 7.11 Å². The number of benzene rings is 2. The topological polar surface area (TPSA) is 50.4 Å². The Morgan fingerprint density at radius 2 is 1.96 bits per heavy atom. The van der Waals surface area contributed by atoms with Crippen molar-refractivity contribution in [3.05, 3.63) is 63.1 Å². The van der Waals surface area contributed by atoms with E-state index >= 15 is 0 Å². The molecule has 0 aromatic heterocycles. The van der Waals surface area contributed by atoms with E-state index in [0.29, 0.717) is 19.4 Å². The zero-order valence-corrected chi connectivity index (χ0v) is 15.3. The minimum atomic E-state index is 0.0700. The number of fused-ring (bicyclic) bond motifs is 1. The molecule has 4 nitrogen and oxygen atoms in total. The van der Waals surface area contributed by atoms with E-state index in [9.17, 15) is 4.79 Å². The van der Waals surface area contributed by atoms with Crippen LogP contribution < -0.4 is 15.4 Å². The summed E-state index contributed by atoms with van der Waals surface area (Å²) < 4.78 is 6.13. The number of hydrogen-bond acceptors (Lipinski definition) is 3. The zero-order chi connectivity index (χ0) is 16.9. The van der Waals surface area contributed by atoms with Gasteiger partial charge in [0.2, 0.25) is 5.91 Å². The van der Waals surface area contributed by atoms with Gasteiger partial charge in [-0.25, -0.2) is 0 Å². The molecule has 126 valence electrons. The summed E-state index contributed by atoms with van der Waals surface area (Å²) in [5.41, 5.74) is 4.96. The summed E-state index contributed by atoms with van der Waals surface area (Å²) in [5, 5.41) is 6.33. The fourth-order valence-electron chi connectivity index (χ4n) is 2.87. The van der Waals surface area contributed by atoms with Crippen LogP contribution in [0.1, 0.15) is 28.7 Å². The summed E-state index contributed by atoms with van der Waals surface area (Å²) in [6.07, 6.45) is 1.19. The van der Waals surface area contributed by atoms with Crippen molar-refractivity contribution in [2.24, 2.45) is 0 Å². The molecule has 0 fully saturated rings. The van der Waals surface area contributed by atoms with Crippen molar-refractivity contribution in [1.29, 1.82) is 0 Å². The van der Waals surface area contributed by atoms with E-state index in [1.807, 2.05) is 18.2 Å². The van der Waals surface area contributed by atoms with Crippen LogP contribution in [0.4, 0.5) is 0 Å². The van der Waals surface area contributed by atoms with Crippen molar-refractivity contribution >= 4 is 21.8 Å². The third kappa shape index (κ3) is 4.16. The molecule has 0 spiro atoms. The van der Waals surface area contributed by atoms with Gasteiger partial charge < -0.3 is 15.4 Å². The third-order valence-corrected chi connectivity index (χ3v) is 4.87. The molecule has 0 radical (unpaired) electrons. The molecule has 0 aliphatic carbocycles. The second-order valence-corrected chi connectivity index (χ2v) is 6.81. The summed E-state index contributed by atoms with van der Waals surface area (Å²) in [7, 11) is 1.64. The Balaban J connectivity index is 1.48. The van der Waals surface area contributed by atoms with Crippen molar-refractivity contribution in [3.8, 4) is 5.75 Å². The number of aryl methyl sites for hydroxylation is 1. The van der Waals surface area contributed by atoms with Crippen LogP contribution in [-0.4, -0.2) is 13.0 Å². The van der Waals surface area contributed by atoms with E-state index in [2.05, 4.69) is 44.8 Å². The van der Waals surface area contributed by atoms with Crippen LogP contribution in [0.5, 0.6) is 5.75 Å². The van der Waals surface area contributed by atoms with Gasteiger partial charge in [0.05, 0.1) is 11.6 Å². The standard InChI is InChI=1S/C19H21BrN2O2/c1-24-18-6-3-13(9-17(18)20)4-7-19(23)22-10-14-2-5-15-11-21-12-16(15)8-14/h2-3,5-6,8-9,21H,4,7,10-12H2,1H3,(H,22,23). The van der Waals surface area contributed by atoms with Gasteiger partial charge in [0.25, 0.3) is 0 Å². The minimum absolute atomic E-state index is 0.0700. The Morgan fingerprint density at radius 1 is 1.17 bits per heavy atom. The minimum Gasteiger partial charge on any atom is -0.496 e. The summed E-state index contributed by atoms with van der Waals surface area (Å²) in [6.45, 7) is 2.45. The van der Waals surface area contributed by atoms with Gasteiger partial charge in [0, 0.05) is 26.1 Å². The van der Waals surface area contributed by atoms with E-state index in [4.69, 9.17) is 4.74 Å². The lowest BCUT2D eigenvalue weighted by molar-refractivity contribution is -0.121. The van der Waals surface area contributed by atoms with Crippen LogP contribution in [0.2, 0.25) is 0 Å². The zero-order valence-electron chi connectivity index (χ0n) is 13.7. The maximum atomic E-state index is 12.1. The molecule has 0 unspecified atom stereocenters. The van der Waals surface area contributed by atoms with Gasteiger partial charge in [0.1, 0.15) is 5.75 Å². The molecule has 5 heteroatoms. The Morgan fingerprint density at radius 3 is 2.75 bits per heavy atom. The molecular weight excluding hydrogens is 368 g/mol. The molecule has 1 heterocycles. The number of carbonyl (C=O) groups is 1. The average Bonchev–Trinajstić information content (AvgIpc) is 3.06. The quantitative estimate of drug-likeness (QED) is 0.797. The monoisotopic (exact) mass is 388 g/mol. The van der Waals surface area contributed by atoms with Crippen LogP contribution in [-0.2, 0) is 30.8 Å². The summed E-state index contributed by atoms with van der Waals surface area (Å²) >= 11 is 3.47. The molecular formula is C19H21BrN2O2. The summed E-state index contributed by atoms with van der Waals surface area (Å²) in [6, 6.07) is 12.3. The van der Waals surface area contributed by atoms with E-state index in [0.717, 1.165) is 34.4 Å². The van der Waals surface area contributed by atoms with Gasteiger partial charge in [-0.05, 0) is 56.7 Å². The Bertz CT molecular complexity index is 746. The molecule has 0 saturated heterocycles. The SMILES string of the molecule is COc1ccc(CCC(=O)NCc2ccc3c(c2)CNC3)cc1Br. The molecule has 1 amide bonds. The highest BCUT2D eigenvalue weighted by Gasteiger charge is 2.10. The van der Waals surface area contributed by atoms with Gasteiger partial charge in [-0.2, -0.15) is 0 Å². The number of ether oxygens (including phenoxy) is 1. The lowest BCUT2D eigenvalue weighted by atomic mass is 10.1. The number of amides is 1. The van der Waals surface area contributed by atoms with E-state index in [1.54, 1.807) is 7.11 Å². The van der Waals surface area contributed by atoms with Crippen LogP contribution in [0.3, 0.4) is 0 Å². The van der Waals surface area contributed by atoms with Crippen molar-refractivity contribution < 1.29 is 9.53 Å². The molecule has 1 aliphatic heterocycles. The summed E-state index contributed by atoms with van der Waals surface area (Å²) in [5.74, 6) is 0.870. The van der Waals surface area contributed by atoms with E-state index in [-0.39, 0.29) is 5.91 Å². The van der Waals surface area contributed by atoms with Crippen molar-refractivity contribution in [1.82, 2.24) is 10.6 Å². The Labute approximate surface area is 150 Å². The smallest absolute Gasteiger partial charge is 0.220 e. The fraction of sp³-hybridized carbons (Fsp3) is 0.316. The van der Waals surface area contributed by atoms with Crippen LogP contribution >= 0.6 is 15.9 Å². The second kappa shape index (κ2) is 7.81. The summed E-state index contributed by atoms with van der Waals surface area (Å²) in [4.78, 5) is 12.1. The Hall–Kier alpha value is -1.85. The van der Waals surface area contributed by atoms with Gasteiger partial charge in [-0.15, -0.1) is 0 Å². The molecule has 2 N–H and O–H groups in total. The fourth-order valence-corrected chi connectivity index (χ4v) is 3.46. The van der Waals surface area contributed by atoms with E-state index < -0.39 is 0 Å². The molecule has 1 aliphatic rings. The lowest BCUT2D eigenvalue weighted by Gasteiger charge is -2.08. The number of hydrogen-bond donors (Lipinski definition) is 2. The average molecular weight is 389 g/mol. The first kappa shape index (κ1) is 17.0. The maximum Gasteiger partial charge on any atom is 0.220 e. The molecule has 0 bridgehead atoms. The van der Waals surface area contributed by atoms with Crippen molar-refractivity contribution in [3.63, 3.8) is 0 Å². The molecule has 2 aromatic rings. The number of carbonyl (C=O) groups excluding carboxylic acids is 1. The van der Waals surface area contributed by atoms with Gasteiger partial charge >= 0.3 is 0 Å². The number of halogens is 1. The van der Waals surface area contributed by atoms with Crippen LogP contribution in [0.15, 0.2) is 40.9 Å². The largest absolute Gasteiger partial charge is 0.496 e. The van der Waals surface area contributed by atoms with Gasteiger partial charge in [0.15, 0.2) is 0 Å². The lowest BCUT2D eigenvalue weighted by Crippen LogP contribution is -2.23.